The van der Waals surface area contributed by atoms with E-state index in [0.717, 1.165) is 25.3 Å². The summed E-state index contributed by atoms with van der Waals surface area (Å²) in [5, 5.41) is 4.58. The first-order chi connectivity index (χ1) is 11.9. The van der Waals surface area contributed by atoms with Gasteiger partial charge in [-0.3, -0.25) is 9.69 Å². The SMILES string of the molecule is CC(C)(C)c1ccc(=O)n(CC2CN(Cc3cncn3C3CC3)C2)n1. The molecule has 1 aliphatic heterocycles. The molecule has 2 fully saturated rings. The lowest BCUT2D eigenvalue weighted by molar-refractivity contribution is 0.0739. The first kappa shape index (κ1) is 16.5. The fraction of sp³-hybridized carbons (Fsp3) is 0.632. The van der Waals surface area contributed by atoms with Gasteiger partial charge in [-0.1, -0.05) is 20.8 Å². The molecule has 1 aliphatic carbocycles. The van der Waals surface area contributed by atoms with Crippen LogP contribution in [0.3, 0.4) is 0 Å². The van der Waals surface area contributed by atoms with Crippen molar-refractivity contribution < 1.29 is 0 Å². The largest absolute Gasteiger partial charge is 0.330 e. The van der Waals surface area contributed by atoms with E-state index in [1.54, 1.807) is 10.7 Å². The Balaban J connectivity index is 1.35. The summed E-state index contributed by atoms with van der Waals surface area (Å²) in [5.74, 6) is 0.498. The molecule has 0 spiro atoms. The van der Waals surface area contributed by atoms with Crippen LogP contribution in [0.2, 0.25) is 0 Å². The van der Waals surface area contributed by atoms with E-state index in [1.807, 2.05) is 18.6 Å². The van der Waals surface area contributed by atoms with E-state index in [9.17, 15) is 4.79 Å². The molecule has 0 atom stereocenters. The molecule has 3 heterocycles. The molecule has 1 saturated carbocycles. The predicted molar refractivity (Wildman–Crippen MR) is 96.5 cm³/mol. The van der Waals surface area contributed by atoms with Crippen LogP contribution in [0.25, 0.3) is 0 Å². The monoisotopic (exact) mass is 341 g/mol. The van der Waals surface area contributed by atoms with E-state index in [2.05, 4.69) is 40.3 Å². The molecular weight excluding hydrogens is 314 g/mol. The van der Waals surface area contributed by atoms with E-state index in [4.69, 9.17) is 0 Å². The highest BCUT2D eigenvalue weighted by Gasteiger charge is 2.30. The molecule has 0 bridgehead atoms. The topological polar surface area (TPSA) is 56.0 Å². The van der Waals surface area contributed by atoms with Crippen molar-refractivity contribution in [3.05, 3.63) is 46.4 Å². The lowest BCUT2D eigenvalue weighted by Gasteiger charge is -2.39. The Bertz CT molecular complexity index is 806. The van der Waals surface area contributed by atoms with Gasteiger partial charge in [-0.05, 0) is 18.9 Å². The second-order valence-electron chi connectivity index (χ2n) is 8.57. The van der Waals surface area contributed by atoms with Crippen molar-refractivity contribution in [2.75, 3.05) is 13.1 Å². The summed E-state index contributed by atoms with van der Waals surface area (Å²) < 4.78 is 3.98. The van der Waals surface area contributed by atoms with Gasteiger partial charge in [0, 0.05) is 49.3 Å². The third-order valence-corrected chi connectivity index (χ3v) is 5.17. The van der Waals surface area contributed by atoms with Crippen molar-refractivity contribution in [1.29, 1.82) is 0 Å². The molecule has 2 aromatic heterocycles. The lowest BCUT2D eigenvalue weighted by atomic mass is 9.92. The molecule has 0 radical (unpaired) electrons. The van der Waals surface area contributed by atoms with Gasteiger partial charge in [-0.2, -0.15) is 5.10 Å². The molecule has 0 unspecified atom stereocenters. The fourth-order valence-electron chi connectivity index (χ4n) is 3.51. The zero-order valence-electron chi connectivity index (χ0n) is 15.4. The Hall–Kier alpha value is -1.95. The molecule has 4 rings (SSSR count). The Kier molecular flexibility index (Phi) is 4.02. The Morgan fingerprint density at radius 3 is 2.64 bits per heavy atom. The van der Waals surface area contributed by atoms with Crippen molar-refractivity contribution in [2.45, 2.75) is 58.2 Å². The molecule has 1 saturated heterocycles. The van der Waals surface area contributed by atoms with Gasteiger partial charge in [-0.15, -0.1) is 0 Å². The summed E-state index contributed by atoms with van der Waals surface area (Å²) in [6.07, 6.45) is 6.52. The number of hydrogen-bond donors (Lipinski definition) is 0. The lowest BCUT2D eigenvalue weighted by Crippen LogP contribution is -2.49. The summed E-state index contributed by atoms with van der Waals surface area (Å²) in [6.45, 7) is 10.1. The van der Waals surface area contributed by atoms with Gasteiger partial charge in [0.2, 0.25) is 0 Å². The molecule has 6 nitrogen and oxygen atoms in total. The standard InChI is InChI=1S/C19H27N5O/c1-19(2,3)17-6-7-18(25)24(21-17)11-14-9-22(10-14)12-16-8-20-13-23(16)15-4-5-15/h6-8,13-15H,4-5,9-12H2,1-3H3. The summed E-state index contributed by atoms with van der Waals surface area (Å²) in [4.78, 5) is 18.8. The molecule has 0 aromatic carbocycles. The molecule has 6 heteroatoms. The minimum atomic E-state index is -0.0394. The number of imidazole rings is 1. The maximum atomic E-state index is 12.1. The second kappa shape index (κ2) is 6.09. The Labute approximate surface area is 148 Å². The van der Waals surface area contributed by atoms with Crippen LogP contribution in [0, 0.1) is 5.92 Å². The molecule has 0 N–H and O–H groups in total. The van der Waals surface area contributed by atoms with Gasteiger partial charge in [0.25, 0.3) is 5.56 Å². The van der Waals surface area contributed by atoms with Crippen LogP contribution >= 0.6 is 0 Å². The molecule has 2 aliphatic rings. The predicted octanol–water partition coefficient (Wildman–Crippen LogP) is 2.20. The van der Waals surface area contributed by atoms with Gasteiger partial charge < -0.3 is 4.57 Å². The van der Waals surface area contributed by atoms with Gasteiger partial charge in [0.1, 0.15) is 0 Å². The number of aromatic nitrogens is 4. The Morgan fingerprint density at radius 1 is 1.20 bits per heavy atom. The van der Waals surface area contributed by atoms with Gasteiger partial charge in [-0.25, -0.2) is 9.67 Å². The van der Waals surface area contributed by atoms with Crippen molar-refractivity contribution >= 4 is 0 Å². The summed E-state index contributed by atoms with van der Waals surface area (Å²) in [6, 6.07) is 4.18. The number of hydrogen-bond acceptors (Lipinski definition) is 4. The Morgan fingerprint density at radius 2 is 1.96 bits per heavy atom. The van der Waals surface area contributed by atoms with E-state index >= 15 is 0 Å². The van der Waals surface area contributed by atoms with Crippen molar-refractivity contribution in [3.63, 3.8) is 0 Å². The zero-order chi connectivity index (χ0) is 17.6. The van der Waals surface area contributed by atoms with Crippen LogP contribution < -0.4 is 5.56 Å². The van der Waals surface area contributed by atoms with Crippen LogP contribution in [0.5, 0.6) is 0 Å². The van der Waals surface area contributed by atoms with Crippen LogP contribution in [0.15, 0.2) is 29.5 Å². The molecule has 134 valence electrons. The minimum absolute atomic E-state index is 0.00161. The maximum Gasteiger partial charge on any atom is 0.266 e. The fourth-order valence-corrected chi connectivity index (χ4v) is 3.51. The van der Waals surface area contributed by atoms with E-state index in [-0.39, 0.29) is 11.0 Å². The van der Waals surface area contributed by atoms with Crippen molar-refractivity contribution in [2.24, 2.45) is 5.92 Å². The summed E-state index contributed by atoms with van der Waals surface area (Å²) in [7, 11) is 0. The van der Waals surface area contributed by atoms with E-state index < -0.39 is 0 Å². The normalized spacial score (nSPS) is 19.2. The van der Waals surface area contributed by atoms with Crippen molar-refractivity contribution in [3.8, 4) is 0 Å². The first-order valence-corrected chi connectivity index (χ1v) is 9.22. The third kappa shape index (κ3) is 3.54. The van der Waals surface area contributed by atoms with Crippen molar-refractivity contribution in [1.82, 2.24) is 24.2 Å². The second-order valence-corrected chi connectivity index (χ2v) is 8.57. The zero-order valence-corrected chi connectivity index (χ0v) is 15.4. The van der Waals surface area contributed by atoms with Gasteiger partial charge >= 0.3 is 0 Å². The highest BCUT2D eigenvalue weighted by Crippen LogP contribution is 2.36. The third-order valence-electron chi connectivity index (χ3n) is 5.17. The average Bonchev–Trinajstić information content (AvgIpc) is 3.25. The van der Waals surface area contributed by atoms with Crippen LogP contribution in [0.1, 0.15) is 51.0 Å². The van der Waals surface area contributed by atoms with Crippen LogP contribution in [-0.4, -0.2) is 37.3 Å². The number of nitrogens with zero attached hydrogens (tertiary/aromatic N) is 5. The summed E-state index contributed by atoms with van der Waals surface area (Å²) >= 11 is 0. The van der Waals surface area contributed by atoms with E-state index in [0.29, 0.717) is 18.5 Å². The average molecular weight is 341 g/mol. The summed E-state index contributed by atoms with van der Waals surface area (Å²) in [5.41, 5.74) is 2.24. The molecule has 2 aromatic rings. The molecule has 0 amide bonds. The van der Waals surface area contributed by atoms with Crippen LogP contribution in [-0.2, 0) is 18.5 Å². The minimum Gasteiger partial charge on any atom is -0.330 e. The number of rotatable bonds is 5. The highest BCUT2D eigenvalue weighted by atomic mass is 16.1. The quantitative estimate of drug-likeness (QED) is 0.837. The molecule has 25 heavy (non-hydrogen) atoms. The van der Waals surface area contributed by atoms with E-state index in [1.165, 1.54) is 18.5 Å². The smallest absolute Gasteiger partial charge is 0.266 e. The molecular formula is C19H27N5O. The van der Waals surface area contributed by atoms with Gasteiger partial charge in [0.15, 0.2) is 0 Å². The number of likely N-dealkylation sites (tertiary alicyclic amines) is 1. The van der Waals surface area contributed by atoms with Crippen LogP contribution in [0.4, 0.5) is 0 Å². The highest BCUT2D eigenvalue weighted by molar-refractivity contribution is 5.11. The van der Waals surface area contributed by atoms with Gasteiger partial charge in [0.05, 0.1) is 24.3 Å². The maximum absolute atomic E-state index is 12.1. The first-order valence-electron chi connectivity index (χ1n) is 9.22.